The van der Waals surface area contributed by atoms with Gasteiger partial charge in [-0.05, 0) is 34.1 Å². The van der Waals surface area contributed by atoms with E-state index in [-0.39, 0.29) is 0 Å². The molecule has 0 amide bonds. The maximum Gasteiger partial charge on any atom is 0.162 e. The molecule has 0 fully saturated rings. The second-order valence-electron chi connectivity index (χ2n) is 3.78. The van der Waals surface area contributed by atoms with Crippen LogP contribution in [-0.4, -0.2) is 17.1 Å². The lowest BCUT2D eigenvalue weighted by atomic mass is 10.2. The number of ether oxygens (including phenoxy) is 1. The van der Waals surface area contributed by atoms with Crippen molar-refractivity contribution >= 4 is 44.9 Å². The molecule has 0 saturated carbocycles. The minimum Gasteiger partial charge on any atom is -0.383 e. The molecule has 0 bridgehead atoms. The Balaban J connectivity index is 2.55. The number of methoxy groups -OCH3 is 1. The van der Waals surface area contributed by atoms with Gasteiger partial charge in [0.1, 0.15) is 5.82 Å². The molecule has 4 nitrogen and oxygen atoms in total. The van der Waals surface area contributed by atoms with Crippen molar-refractivity contribution in [1.82, 2.24) is 9.97 Å². The Labute approximate surface area is 129 Å². The fourth-order valence-corrected chi connectivity index (χ4v) is 2.38. The van der Waals surface area contributed by atoms with Crippen LogP contribution in [0.2, 0.25) is 10.0 Å². The average Bonchev–Trinajstić information content (AvgIpc) is 2.33. The van der Waals surface area contributed by atoms with Gasteiger partial charge < -0.3 is 10.5 Å². The molecule has 0 unspecified atom stereocenters. The van der Waals surface area contributed by atoms with E-state index in [0.717, 1.165) is 0 Å². The highest BCUT2D eigenvalue weighted by atomic mass is 79.9. The van der Waals surface area contributed by atoms with Crippen molar-refractivity contribution in [2.24, 2.45) is 0 Å². The molecule has 19 heavy (non-hydrogen) atoms. The van der Waals surface area contributed by atoms with Gasteiger partial charge in [0, 0.05) is 22.7 Å². The molecular weight excluding hydrogens is 353 g/mol. The Morgan fingerprint density at radius 2 is 1.84 bits per heavy atom. The number of aromatic nitrogens is 2. The van der Waals surface area contributed by atoms with Gasteiger partial charge in [-0.25, -0.2) is 9.97 Å². The molecule has 2 aromatic rings. The monoisotopic (exact) mass is 361 g/mol. The van der Waals surface area contributed by atoms with Crippen molar-refractivity contribution in [3.05, 3.63) is 38.4 Å². The van der Waals surface area contributed by atoms with Crippen LogP contribution in [0.1, 0.15) is 5.69 Å². The fourth-order valence-electron chi connectivity index (χ4n) is 1.56. The summed E-state index contributed by atoms with van der Waals surface area (Å²) in [6.07, 6.45) is 0. The third-order valence-corrected chi connectivity index (χ3v) is 3.65. The molecule has 1 heterocycles. The first-order valence-electron chi connectivity index (χ1n) is 5.28. The number of rotatable bonds is 3. The normalized spacial score (nSPS) is 10.7. The Kier molecular flexibility index (Phi) is 4.62. The van der Waals surface area contributed by atoms with Crippen LogP contribution in [0.4, 0.5) is 5.82 Å². The average molecular weight is 363 g/mol. The molecule has 7 heteroatoms. The van der Waals surface area contributed by atoms with Crippen molar-refractivity contribution < 1.29 is 4.74 Å². The summed E-state index contributed by atoms with van der Waals surface area (Å²) in [6.45, 7) is 0.328. The van der Waals surface area contributed by atoms with Crippen LogP contribution >= 0.6 is 39.1 Å². The molecule has 100 valence electrons. The third kappa shape index (κ3) is 3.36. The zero-order valence-electron chi connectivity index (χ0n) is 9.95. The largest absolute Gasteiger partial charge is 0.383 e. The smallest absolute Gasteiger partial charge is 0.162 e. The van der Waals surface area contributed by atoms with Crippen molar-refractivity contribution in [2.75, 3.05) is 12.8 Å². The Morgan fingerprint density at radius 1 is 1.21 bits per heavy atom. The standard InChI is InChI=1S/C12H10BrCl2N3O/c1-19-5-9-10(13)11(16)18-12(17-9)6-2-7(14)4-8(15)3-6/h2-4H,5H2,1H3,(H2,16,17,18). The number of hydrogen-bond donors (Lipinski definition) is 1. The van der Waals surface area contributed by atoms with Crippen LogP contribution in [0, 0.1) is 0 Å². The van der Waals surface area contributed by atoms with Gasteiger partial charge in [0.15, 0.2) is 5.82 Å². The summed E-state index contributed by atoms with van der Waals surface area (Å²) in [7, 11) is 1.58. The van der Waals surface area contributed by atoms with Gasteiger partial charge in [-0.3, -0.25) is 0 Å². The SMILES string of the molecule is COCc1nc(-c2cc(Cl)cc(Cl)c2)nc(N)c1Br. The molecule has 2 rings (SSSR count). The Morgan fingerprint density at radius 3 is 2.42 bits per heavy atom. The first-order chi connectivity index (χ1) is 9.01. The minimum atomic E-state index is 0.328. The number of halogens is 3. The van der Waals surface area contributed by atoms with E-state index in [9.17, 15) is 0 Å². The van der Waals surface area contributed by atoms with Gasteiger partial charge in [0.05, 0.1) is 16.8 Å². The first-order valence-corrected chi connectivity index (χ1v) is 6.83. The lowest BCUT2D eigenvalue weighted by Crippen LogP contribution is -2.03. The van der Waals surface area contributed by atoms with E-state index >= 15 is 0 Å². The molecule has 0 aliphatic rings. The first kappa shape index (κ1) is 14.5. The van der Waals surface area contributed by atoms with Gasteiger partial charge in [0.25, 0.3) is 0 Å². The van der Waals surface area contributed by atoms with Gasteiger partial charge in [0.2, 0.25) is 0 Å². The third-order valence-electron chi connectivity index (χ3n) is 2.35. The zero-order valence-corrected chi connectivity index (χ0v) is 13.1. The number of nitrogen functional groups attached to an aromatic ring is 1. The van der Waals surface area contributed by atoms with Crippen LogP contribution in [0.5, 0.6) is 0 Å². The number of hydrogen-bond acceptors (Lipinski definition) is 4. The van der Waals surface area contributed by atoms with E-state index < -0.39 is 0 Å². The minimum absolute atomic E-state index is 0.328. The van der Waals surface area contributed by atoms with E-state index in [4.69, 9.17) is 33.7 Å². The fraction of sp³-hybridized carbons (Fsp3) is 0.167. The summed E-state index contributed by atoms with van der Waals surface area (Å²) in [5.74, 6) is 0.797. The molecule has 1 aromatic carbocycles. The topological polar surface area (TPSA) is 61.0 Å². The summed E-state index contributed by atoms with van der Waals surface area (Å²) < 4.78 is 5.70. The number of nitrogens with two attached hydrogens (primary N) is 1. The molecule has 0 aliphatic heterocycles. The van der Waals surface area contributed by atoms with E-state index in [2.05, 4.69) is 25.9 Å². The van der Waals surface area contributed by atoms with Crippen LogP contribution in [0.3, 0.4) is 0 Å². The highest BCUT2D eigenvalue weighted by Gasteiger charge is 2.12. The second kappa shape index (κ2) is 6.05. The molecule has 1 aromatic heterocycles. The van der Waals surface area contributed by atoms with Gasteiger partial charge >= 0.3 is 0 Å². The Hall–Kier alpha value is -0.880. The summed E-state index contributed by atoms with van der Waals surface area (Å²) in [5.41, 5.74) is 7.22. The lowest BCUT2D eigenvalue weighted by molar-refractivity contribution is 0.181. The highest BCUT2D eigenvalue weighted by molar-refractivity contribution is 9.10. The van der Waals surface area contributed by atoms with Crippen LogP contribution in [0.25, 0.3) is 11.4 Å². The maximum absolute atomic E-state index is 5.97. The predicted octanol–water partition coefficient (Wildman–Crippen LogP) is 3.94. The van der Waals surface area contributed by atoms with Crippen LogP contribution in [0.15, 0.2) is 22.7 Å². The quantitative estimate of drug-likeness (QED) is 0.898. The van der Waals surface area contributed by atoms with E-state index in [1.807, 2.05) is 0 Å². The van der Waals surface area contributed by atoms with Crippen molar-refractivity contribution in [3.8, 4) is 11.4 Å². The van der Waals surface area contributed by atoms with E-state index in [1.54, 1.807) is 25.3 Å². The van der Waals surface area contributed by atoms with Crippen molar-refractivity contribution in [2.45, 2.75) is 6.61 Å². The highest BCUT2D eigenvalue weighted by Crippen LogP contribution is 2.29. The number of benzene rings is 1. The van der Waals surface area contributed by atoms with Crippen molar-refractivity contribution in [1.29, 1.82) is 0 Å². The predicted molar refractivity (Wildman–Crippen MR) is 80.3 cm³/mol. The van der Waals surface area contributed by atoms with Gasteiger partial charge in [-0.2, -0.15) is 0 Å². The molecule has 0 saturated heterocycles. The molecule has 0 spiro atoms. The summed E-state index contributed by atoms with van der Waals surface area (Å²) in [5, 5.41) is 1.03. The molecular formula is C12H10BrCl2N3O. The van der Waals surface area contributed by atoms with E-state index in [0.29, 0.717) is 44.0 Å². The van der Waals surface area contributed by atoms with Gasteiger partial charge in [-0.15, -0.1) is 0 Å². The maximum atomic E-state index is 5.97. The molecule has 0 radical (unpaired) electrons. The summed E-state index contributed by atoms with van der Waals surface area (Å²) >= 11 is 15.3. The van der Waals surface area contributed by atoms with Crippen molar-refractivity contribution in [3.63, 3.8) is 0 Å². The molecule has 0 aliphatic carbocycles. The second-order valence-corrected chi connectivity index (χ2v) is 5.45. The van der Waals surface area contributed by atoms with E-state index in [1.165, 1.54) is 0 Å². The summed E-state index contributed by atoms with van der Waals surface area (Å²) in [4.78, 5) is 8.61. The lowest BCUT2D eigenvalue weighted by Gasteiger charge is -2.09. The van der Waals surface area contributed by atoms with Crippen LogP contribution in [-0.2, 0) is 11.3 Å². The number of anilines is 1. The number of nitrogens with zero attached hydrogens (tertiary/aromatic N) is 2. The summed E-state index contributed by atoms with van der Waals surface area (Å²) in [6, 6.07) is 5.10. The van der Waals surface area contributed by atoms with Crippen LogP contribution < -0.4 is 5.73 Å². The molecule has 0 atom stereocenters. The van der Waals surface area contributed by atoms with Gasteiger partial charge in [-0.1, -0.05) is 23.2 Å². The Bertz CT molecular complexity index is 602. The zero-order chi connectivity index (χ0) is 14.0. The molecule has 2 N–H and O–H groups in total.